The van der Waals surface area contributed by atoms with E-state index in [1.807, 2.05) is 0 Å². The van der Waals surface area contributed by atoms with Gasteiger partial charge in [0.25, 0.3) is 5.92 Å². The van der Waals surface area contributed by atoms with Crippen molar-refractivity contribution in [2.24, 2.45) is 0 Å². The number of nitrogens with one attached hydrogen (secondary N) is 1. The van der Waals surface area contributed by atoms with E-state index in [0.29, 0.717) is 0 Å². The minimum absolute atomic E-state index is 0.0123. The number of anilines is 1. The minimum Gasteiger partial charge on any atom is -0.478 e. The van der Waals surface area contributed by atoms with Crippen molar-refractivity contribution in [3.63, 3.8) is 0 Å². The first-order valence-corrected chi connectivity index (χ1v) is 4.34. The molecular weight excluding hydrogens is 204 g/mol. The lowest BCUT2D eigenvalue weighted by Gasteiger charge is -2.13. The highest BCUT2D eigenvalue weighted by Crippen LogP contribution is 2.18. The van der Waals surface area contributed by atoms with Crippen molar-refractivity contribution in [1.82, 2.24) is 0 Å². The summed E-state index contributed by atoms with van der Waals surface area (Å²) in [7, 11) is 0. The molecule has 3 nitrogen and oxygen atoms in total. The van der Waals surface area contributed by atoms with Gasteiger partial charge in [-0.05, 0) is 12.1 Å². The molecule has 5 heteroatoms. The molecule has 0 saturated heterocycles. The quantitative estimate of drug-likeness (QED) is 0.811. The van der Waals surface area contributed by atoms with Crippen LogP contribution in [-0.4, -0.2) is 23.5 Å². The molecule has 2 N–H and O–H groups in total. The Morgan fingerprint density at radius 1 is 1.47 bits per heavy atom. The number of hydrogen-bond donors (Lipinski definition) is 2. The number of hydrogen-bond acceptors (Lipinski definition) is 2. The maximum absolute atomic E-state index is 12.5. The van der Waals surface area contributed by atoms with E-state index in [9.17, 15) is 13.6 Å². The summed E-state index contributed by atoms with van der Waals surface area (Å²) in [6, 6.07) is 5.94. The van der Waals surface area contributed by atoms with Crippen LogP contribution in [0.15, 0.2) is 24.3 Å². The zero-order valence-corrected chi connectivity index (χ0v) is 8.13. The van der Waals surface area contributed by atoms with E-state index in [2.05, 4.69) is 5.32 Å². The van der Waals surface area contributed by atoms with E-state index in [1.54, 1.807) is 12.1 Å². The summed E-state index contributed by atoms with van der Waals surface area (Å²) in [4.78, 5) is 10.7. The maximum atomic E-state index is 12.5. The fourth-order valence-electron chi connectivity index (χ4n) is 1.07. The van der Waals surface area contributed by atoms with Crippen LogP contribution in [0.1, 0.15) is 17.3 Å². The van der Waals surface area contributed by atoms with Crippen molar-refractivity contribution in [2.45, 2.75) is 12.8 Å². The third kappa shape index (κ3) is 3.53. The number of rotatable bonds is 4. The number of aromatic carboxylic acids is 1. The SMILES string of the molecule is CC(F)(F)CNc1ccccc1C(=O)O. The molecular formula is C10H11F2NO2. The summed E-state index contributed by atoms with van der Waals surface area (Å²) in [5.41, 5.74) is 0.188. The Labute approximate surface area is 85.7 Å². The first kappa shape index (κ1) is 11.4. The van der Waals surface area contributed by atoms with Gasteiger partial charge in [0.2, 0.25) is 0 Å². The molecule has 15 heavy (non-hydrogen) atoms. The molecule has 0 bridgehead atoms. The number of benzene rings is 1. The van der Waals surface area contributed by atoms with Crippen LogP contribution in [0.4, 0.5) is 14.5 Å². The highest BCUT2D eigenvalue weighted by molar-refractivity contribution is 5.94. The monoisotopic (exact) mass is 215 g/mol. The molecule has 0 aliphatic rings. The smallest absolute Gasteiger partial charge is 0.337 e. The predicted octanol–water partition coefficient (Wildman–Crippen LogP) is 2.45. The lowest BCUT2D eigenvalue weighted by Crippen LogP contribution is -2.23. The van der Waals surface area contributed by atoms with Crippen LogP contribution in [0.2, 0.25) is 0 Å². The summed E-state index contributed by atoms with van der Waals surface area (Å²) in [6.45, 7) is 0.181. The third-order valence-corrected chi connectivity index (χ3v) is 1.75. The van der Waals surface area contributed by atoms with E-state index >= 15 is 0 Å². The Morgan fingerprint density at radius 3 is 2.60 bits per heavy atom. The molecule has 0 spiro atoms. The van der Waals surface area contributed by atoms with Crippen molar-refractivity contribution in [3.8, 4) is 0 Å². The normalized spacial score (nSPS) is 11.1. The molecule has 1 aromatic rings. The largest absolute Gasteiger partial charge is 0.478 e. The Kier molecular flexibility index (Phi) is 3.24. The molecule has 0 atom stereocenters. The summed E-state index contributed by atoms with van der Waals surface area (Å²) in [5.74, 6) is -4.01. The van der Waals surface area contributed by atoms with Crippen molar-refractivity contribution < 1.29 is 18.7 Å². The fourth-order valence-corrected chi connectivity index (χ4v) is 1.07. The number of carboxylic acids is 1. The lowest BCUT2D eigenvalue weighted by molar-refractivity contribution is 0.0366. The molecule has 1 rings (SSSR count). The standard InChI is InChI=1S/C10H11F2NO2/c1-10(11,12)6-13-8-5-3-2-4-7(8)9(14)15/h2-5,13H,6H2,1H3,(H,14,15). The van der Waals surface area contributed by atoms with Gasteiger partial charge in [-0.2, -0.15) is 0 Å². The number of carbonyl (C=O) groups is 1. The van der Waals surface area contributed by atoms with Crippen molar-refractivity contribution in [3.05, 3.63) is 29.8 Å². The van der Waals surface area contributed by atoms with Gasteiger partial charge in [-0.25, -0.2) is 13.6 Å². The van der Waals surface area contributed by atoms with Crippen LogP contribution < -0.4 is 5.32 Å². The van der Waals surface area contributed by atoms with Crippen LogP contribution in [0, 0.1) is 0 Å². The molecule has 0 aliphatic carbocycles. The topological polar surface area (TPSA) is 49.3 Å². The third-order valence-electron chi connectivity index (χ3n) is 1.75. The van der Waals surface area contributed by atoms with Gasteiger partial charge in [-0.3, -0.25) is 0 Å². The average Bonchev–Trinajstić information content (AvgIpc) is 2.14. The average molecular weight is 215 g/mol. The highest BCUT2D eigenvalue weighted by Gasteiger charge is 2.21. The first-order valence-electron chi connectivity index (χ1n) is 4.34. The lowest BCUT2D eigenvalue weighted by atomic mass is 10.2. The van der Waals surface area contributed by atoms with Crippen molar-refractivity contribution in [2.75, 3.05) is 11.9 Å². The molecule has 1 aromatic carbocycles. The first-order chi connectivity index (χ1) is 6.90. The number of alkyl halides is 2. The van der Waals surface area contributed by atoms with Gasteiger partial charge in [0.1, 0.15) is 0 Å². The molecule has 0 unspecified atom stereocenters. The Bertz CT molecular complexity index is 361. The number of para-hydroxylation sites is 1. The van der Waals surface area contributed by atoms with Crippen LogP contribution in [-0.2, 0) is 0 Å². The summed E-state index contributed by atoms with van der Waals surface area (Å²) in [6.07, 6.45) is 0. The second-order valence-electron chi connectivity index (χ2n) is 3.27. The van der Waals surface area contributed by atoms with Gasteiger partial charge in [-0.15, -0.1) is 0 Å². The highest BCUT2D eigenvalue weighted by atomic mass is 19.3. The molecule has 0 heterocycles. The van der Waals surface area contributed by atoms with E-state index in [-0.39, 0.29) is 11.3 Å². The van der Waals surface area contributed by atoms with Gasteiger partial charge < -0.3 is 10.4 Å². The Balaban J connectivity index is 2.81. The number of carboxylic acid groups (broad SMARTS) is 1. The van der Waals surface area contributed by atoms with Gasteiger partial charge in [0.15, 0.2) is 0 Å². The second kappa shape index (κ2) is 4.25. The van der Waals surface area contributed by atoms with Crippen LogP contribution >= 0.6 is 0 Å². The zero-order chi connectivity index (χ0) is 11.5. The predicted molar refractivity (Wildman–Crippen MR) is 52.5 cm³/mol. The van der Waals surface area contributed by atoms with E-state index in [0.717, 1.165) is 6.92 Å². The zero-order valence-electron chi connectivity index (χ0n) is 8.13. The summed E-state index contributed by atoms with van der Waals surface area (Å²) < 4.78 is 25.1. The maximum Gasteiger partial charge on any atom is 0.337 e. The molecule has 0 radical (unpaired) electrons. The van der Waals surface area contributed by atoms with Crippen LogP contribution in [0.25, 0.3) is 0 Å². The molecule has 82 valence electrons. The van der Waals surface area contributed by atoms with Gasteiger partial charge in [0.05, 0.1) is 12.1 Å². The minimum atomic E-state index is -2.87. The summed E-state index contributed by atoms with van der Waals surface area (Å²) >= 11 is 0. The Morgan fingerprint density at radius 2 is 2.07 bits per heavy atom. The van der Waals surface area contributed by atoms with E-state index < -0.39 is 18.4 Å². The van der Waals surface area contributed by atoms with Gasteiger partial charge in [-0.1, -0.05) is 12.1 Å². The molecule has 0 aromatic heterocycles. The fraction of sp³-hybridized carbons (Fsp3) is 0.300. The summed E-state index contributed by atoms with van der Waals surface area (Å²) in [5, 5.41) is 11.2. The molecule has 0 aliphatic heterocycles. The molecule has 0 saturated carbocycles. The van der Waals surface area contributed by atoms with Crippen molar-refractivity contribution in [1.29, 1.82) is 0 Å². The van der Waals surface area contributed by atoms with Crippen LogP contribution in [0.5, 0.6) is 0 Å². The van der Waals surface area contributed by atoms with Crippen molar-refractivity contribution >= 4 is 11.7 Å². The molecule has 0 amide bonds. The number of halogens is 2. The van der Waals surface area contributed by atoms with Crippen LogP contribution in [0.3, 0.4) is 0 Å². The Hall–Kier alpha value is -1.65. The van der Waals surface area contributed by atoms with Gasteiger partial charge >= 0.3 is 5.97 Å². The van der Waals surface area contributed by atoms with Gasteiger partial charge in [0, 0.05) is 12.6 Å². The second-order valence-corrected chi connectivity index (χ2v) is 3.27. The van der Waals surface area contributed by atoms with E-state index in [4.69, 9.17) is 5.11 Å². The van der Waals surface area contributed by atoms with E-state index in [1.165, 1.54) is 12.1 Å². The molecule has 0 fully saturated rings.